The Morgan fingerprint density at radius 3 is 2.85 bits per heavy atom. The number of hydrogen-bond donors (Lipinski definition) is 1. The highest BCUT2D eigenvalue weighted by Crippen LogP contribution is 2.37. The molecule has 2 heterocycles. The molecule has 26 heavy (non-hydrogen) atoms. The fraction of sp³-hybridized carbons (Fsp3) is 0.316. The lowest BCUT2D eigenvalue weighted by Crippen LogP contribution is -2.26. The summed E-state index contributed by atoms with van der Waals surface area (Å²) in [6.45, 7) is 3.35. The molecule has 3 rings (SSSR count). The number of nitrogens with one attached hydrogen (secondary N) is 1. The average Bonchev–Trinajstić information content (AvgIpc) is 3.09. The second kappa shape index (κ2) is 9.12. The van der Waals surface area contributed by atoms with Crippen LogP contribution < -0.4 is 5.32 Å². The molecule has 0 aliphatic carbocycles. The Balaban J connectivity index is 1.75. The molecule has 0 radical (unpaired) electrons. The molecular weight excluding hydrogens is 366 g/mol. The third-order valence-electron chi connectivity index (χ3n) is 3.89. The van der Waals surface area contributed by atoms with Crippen LogP contribution in [0.15, 0.2) is 41.0 Å². The molecule has 2 aromatic heterocycles. The Hall–Kier alpha value is -1.96. The molecule has 0 aliphatic heterocycles. The van der Waals surface area contributed by atoms with Gasteiger partial charge in [0.25, 0.3) is 0 Å². The van der Waals surface area contributed by atoms with Gasteiger partial charge in [-0.2, -0.15) is 0 Å². The molecule has 0 saturated carbocycles. The van der Waals surface area contributed by atoms with Gasteiger partial charge in [0.2, 0.25) is 5.91 Å². The number of ether oxygens (including phenoxy) is 1. The maximum atomic E-state index is 12.0. The van der Waals surface area contributed by atoms with Gasteiger partial charge in [0, 0.05) is 31.2 Å². The summed E-state index contributed by atoms with van der Waals surface area (Å²) in [7, 11) is 1.66. The van der Waals surface area contributed by atoms with Crippen LogP contribution in [0.25, 0.3) is 21.3 Å². The maximum Gasteiger partial charge on any atom is 0.230 e. The first-order valence-corrected chi connectivity index (χ1v) is 10.2. The van der Waals surface area contributed by atoms with Crippen LogP contribution in [0.4, 0.5) is 0 Å². The van der Waals surface area contributed by atoms with E-state index < -0.39 is 0 Å². The third kappa shape index (κ3) is 4.60. The van der Waals surface area contributed by atoms with Crippen LogP contribution in [0, 0.1) is 6.92 Å². The van der Waals surface area contributed by atoms with Crippen molar-refractivity contribution >= 4 is 39.2 Å². The molecule has 7 heteroatoms. The summed E-state index contributed by atoms with van der Waals surface area (Å²) >= 11 is 3.05. The van der Waals surface area contributed by atoms with Gasteiger partial charge in [-0.1, -0.05) is 41.6 Å². The van der Waals surface area contributed by atoms with Crippen molar-refractivity contribution in [2.45, 2.75) is 18.4 Å². The van der Waals surface area contributed by atoms with Gasteiger partial charge in [0.1, 0.15) is 16.2 Å². The van der Waals surface area contributed by atoms with Gasteiger partial charge in [0.15, 0.2) is 0 Å². The second-order valence-corrected chi connectivity index (χ2v) is 7.68. The van der Waals surface area contributed by atoms with Crippen LogP contribution in [0.5, 0.6) is 0 Å². The number of fused-ring (bicyclic) bond motifs is 1. The fourth-order valence-electron chi connectivity index (χ4n) is 2.53. The second-order valence-electron chi connectivity index (χ2n) is 5.86. The number of aryl methyl sites for hydroxylation is 1. The number of thiophene rings is 1. The van der Waals surface area contributed by atoms with E-state index in [-0.39, 0.29) is 5.91 Å². The van der Waals surface area contributed by atoms with E-state index in [4.69, 9.17) is 4.74 Å². The highest BCUT2D eigenvalue weighted by Gasteiger charge is 2.14. The third-order valence-corrected chi connectivity index (χ3v) is 5.76. The molecule has 0 unspecified atom stereocenters. The number of rotatable bonds is 8. The lowest BCUT2D eigenvalue weighted by atomic mass is 10.1. The topological polar surface area (TPSA) is 64.1 Å². The van der Waals surface area contributed by atoms with Gasteiger partial charge in [-0.25, -0.2) is 9.97 Å². The molecule has 5 nitrogen and oxygen atoms in total. The summed E-state index contributed by atoms with van der Waals surface area (Å²) in [6.07, 6.45) is 2.38. The molecule has 0 spiro atoms. The Kier molecular flexibility index (Phi) is 6.60. The SMILES string of the molecule is COCCCNC(=O)CSc1ncnc2scc(-c3ccc(C)cc3)c12. The minimum absolute atomic E-state index is 0.00461. The number of benzene rings is 1. The zero-order valence-corrected chi connectivity index (χ0v) is 16.5. The summed E-state index contributed by atoms with van der Waals surface area (Å²) in [4.78, 5) is 21.8. The minimum Gasteiger partial charge on any atom is -0.385 e. The number of methoxy groups -OCH3 is 1. The highest BCUT2D eigenvalue weighted by atomic mass is 32.2. The molecule has 0 atom stereocenters. The first-order chi connectivity index (χ1) is 12.7. The summed E-state index contributed by atoms with van der Waals surface area (Å²) in [5.41, 5.74) is 3.49. The van der Waals surface area contributed by atoms with Crippen LogP contribution in [0.2, 0.25) is 0 Å². The van der Waals surface area contributed by atoms with Gasteiger partial charge in [-0.15, -0.1) is 11.3 Å². The number of carbonyl (C=O) groups excluding carboxylic acids is 1. The summed E-state index contributed by atoms with van der Waals surface area (Å²) in [5.74, 6) is 0.340. The average molecular weight is 388 g/mol. The van der Waals surface area contributed by atoms with Crippen LogP contribution in [-0.4, -0.2) is 41.9 Å². The maximum absolute atomic E-state index is 12.0. The fourth-order valence-corrected chi connectivity index (χ4v) is 4.35. The highest BCUT2D eigenvalue weighted by molar-refractivity contribution is 8.00. The van der Waals surface area contributed by atoms with Crippen molar-refractivity contribution in [3.8, 4) is 11.1 Å². The Morgan fingerprint density at radius 2 is 2.08 bits per heavy atom. The molecule has 1 N–H and O–H groups in total. The predicted octanol–water partition coefficient (Wildman–Crippen LogP) is 3.91. The normalized spacial score (nSPS) is 11.0. The molecular formula is C19H21N3O2S2. The van der Waals surface area contributed by atoms with E-state index in [0.717, 1.165) is 32.8 Å². The number of thioether (sulfide) groups is 1. The van der Waals surface area contributed by atoms with E-state index in [2.05, 4.69) is 51.9 Å². The monoisotopic (exact) mass is 387 g/mol. The van der Waals surface area contributed by atoms with E-state index in [0.29, 0.717) is 18.9 Å². The Labute approximate surface area is 161 Å². The van der Waals surface area contributed by atoms with E-state index in [1.807, 2.05) is 0 Å². The smallest absolute Gasteiger partial charge is 0.230 e. The van der Waals surface area contributed by atoms with E-state index in [1.165, 1.54) is 17.3 Å². The Morgan fingerprint density at radius 1 is 1.27 bits per heavy atom. The number of hydrogen-bond acceptors (Lipinski definition) is 6. The molecule has 0 aliphatic rings. The zero-order chi connectivity index (χ0) is 18.4. The first kappa shape index (κ1) is 18.8. The van der Waals surface area contributed by atoms with Crippen molar-refractivity contribution in [1.29, 1.82) is 0 Å². The summed E-state index contributed by atoms with van der Waals surface area (Å²) < 4.78 is 4.98. The summed E-state index contributed by atoms with van der Waals surface area (Å²) in [6, 6.07) is 8.42. The molecule has 0 fully saturated rings. The van der Waals surface area contributed by atoms with Gasteiger partial charge < -0.3 is 10.1 Å². The van der Waals surface area contributed by atoms with Crippen molar-refractivity contribution in [1.82, 2.24) is 15.3 Å². The van der Waals surface area contributed by atoms with Crippen molar-refractivity contribution in [3.05, 3.63) is 41.5 Å². The number of carbonyl (C=O) groups is 1. The van der Waals surface area contributed by atoms with E-state index >= 15 is 0 Å². The molecule has 1 aromatic carbocycles. The van der Waals surface area contributed by atoms with Crippen LogP contribution in [-0.2, 0) is 9.53 Å². The number of aromatic nitrogens is 2. The van der Waals surface area contributed by atoms with Crippen LogP contribution in [0.3, 0.4) is 0 Å². The lowest BCUT2D eigenvalue weighted by Gasteiger charge is -2.07. The number of amides is 1. The molecule has 0 saturated heterocycles. The molecule has 0 bridgehead atoms. The van der Waals surface area contributed by atoms with Crippen molar-refractivity contribution in [3.63, 3.8) is 0 Å². The first-order valence-electron chi connectivity index (χ1n) is 8.36. The molecule has 1 amide bonds. The summed E-state index contributed by atoms with van der Waals surface area (Å²) in [5, 5.41) is 6.88. The predicted molar refractivity (Wildman–Crippen MR) is 108 cm³/mol. The lowest BCUT2D eigenvalue weighted by molar-refractivity contribution is -0.118. The largest absolute Gasteiger partial charge is 0.385 e. The van der Waals surface area contributed by atoms with Crippen molar-refractivity contribution in [2.75, 3.05) is 26.0 Å². The zero-order valence-electron chi connectivity index (χ0n) is 14.8. The van der Waals surface area contributed by atoms with Crippen LogP contribution >= 0.6 is 23.1 Å². The van der Waals surface area contributed by atoms with Gasteiger partial charge >= 0.3 is 0 Å². The van der Waals surface area contributed by atoms with Gasteiger partial charge in [-0.3, -0.25) is 4.79 Å². The molecule has 136 valence electrons. The van der Waals surface area contributed by atoms with Gasteiger partial charge in [-0.05, 0) is 18.9 Å². The van der Waals surface area contributed by atoms with E-state index in [1.54, 1.807) is 24.8 Å². The van der Waals surface area contributed by atoms with Crippen LogP contribution in [0.1, 0.15) is 12.0 Å². The quantitative estimate of drug-likeness (QED) is 0.361. The Bertz CT molecular complexity index is 878. The van der Waals surface area contributed by atoms with Gasteiger partial charge in [0.05, 0.1) is 11.1 Å². The van der Waals surface area contributed by atoms with E-state index in [9.17, 15) is 4.79 Å². The molecule has 3 aromatic rings. The van der Waals surface area contributed by atoms with Crippen molar-refractivity contribution in [2.24, 2.45) is 0 Å². The van der Waals surface area contributed by atoms with Crippen molar-refractivity contribution < 1.29 is 9.53 Å². The number of nitrogens with zero attached hydrogens (tertiary/aromatic N) is 2. The standard InChI is InChI=1S/C19H21N3O2S2/c1-13-4-6-14(7-5-13)15-10-25-18-17(15)19(22-12-21-18)26-11-16(23)20-8-3-9-24-2/h4-7,10,12H,3,8-9,11H2,1-2H3,(H,20,23). The minimum atomic E-state index is 0.00461.